The molecule has 1 saturated heterocycles. The minimum Gasteiger partial charge on any atom is -0.352 e. The second kappa shape index (κ2) is 6.55. The molecule has 0 aromatic heterocycles. The number of nitrogens with one attached hydrogen (secondary N) is 2. The number of rotatable bonds is 5. The fraction of sp³-hybridized carbons (Fsp3) is 0.533. The summed E-state index contributed by atoms with van der Waals surface area (Å²) < 4.78 is 0. The maximum Gasteiger partial charge on any atom is 0.237 e. The molecule has 3 nitrogen and oxygen atoms in total. The molecule has 2 rings (SSSR count). The summed E-state index contributed by atoms with van der Waals surface area (Å²) in [6.07, 6.45) is 4.08. The first-order valence-electron chi connectivity index (χ1n) is 6.83. The van der Waals surface area contributed by atoms with Gasteiger partial charge < -0.3 is 10.6 Å². The lowest BCUT2D eigenvalue weighted by Gasteiger charge is -2.17. The zero-order valence-corrected chi connectivity index (χ0v) is 11.0. The number of hydrogen-bond donors (Lipinski definition) is 2. The van der Waals surface area contributed by atoms with Gasteiger partial charge in [0, 0.05) is 6.04 Å². The van der Waals surface area contributed by atoms with Gasteiger partial charge in [0.25, 0.3) is 0 Å². The van der Waals surface area contributed by atoms with E-state index in [1.165, 1.54) is 5.56 Å². The summed E-state index contributed by atoms with van der Waals surface area (Å²) in [4.78, 5) is 11.9. The average molecular weight is 246 g/mol. The predicted molar refractivity (Wildman–Crippen MR) is 73.4 cm³/mol. The topological polar surface area (TPSA) is 41.1 Å². The highest BCUT2D eigenvalue weighted by atomic mass is 16.2. The van der Waals surface area contributed by atoms with Crippen molar-refractivity contribution in [2.24, 2.45) is 0 Å². The van der Waals surface area contributed by atoms with Crippen LogP contribution >= 0.6 is 0 Å². The van der Waals surface area contributed by atoms with Crippen molar-refractivity contribution in [1.29, 1.82) is 0 Å². The molecule has 0 bridgehead atoms. The lowest BCUT2D eigenvalue weighted by Crippen LogP contribution is -2.44. The van der Waals surface area contributed by atoms with Crippen LogP contribution in [0.25, 0.3) is 0 Å². The Balaban J connectivity index is 1.71. The molecule has 1 aliphatic rings. The molecule has 1 aromatic carbocycles. The summed E-state index contributed by atoms with van der Waals surface area (Å²) in [7, 11) is 0. The van der Waals surface area contributed by atoms with Crippen LogP contribution < -0.4 is 10.6 Å². The summed E-state index contributed by atoms with van der Waals surface area (Å²) in [6, 6.07) is 10.7. The summed E-state index contributed by atoms with van der Waals surface area (Å²) >= 11 is 0. The van der Waals surface area contributed by atoms with E-state index in [0.717, 1.165) is 32.2 Å². The van der Waals surface area contributed by atoms with E-state index < -0.39 is 0 Å². The van der Waals surface area contributed by atoms with Crippen LogP contribution in [0.1, 0.15) is 31.7 Å². The van der Waals surface area contributed by atoms with Gasteiger partial charge in [-0.1, -0.05) is 30.3 Å². The second-order valence-electron chi connectivity index (χ2n) is 5.08. The van der Waals surface area contributed by atoms with Crippen molar-refractivity contribution in [3.8, 4) is 0 Å². The quantitative estimate of drug-likeness (QED) is 0.833. The molecule has 2 atom stereocenters. The number of aryl methyl sites for hydroxylation is 1. The van der Waals surface area contributed by atoms with Crippen LogP contribution in [0, 0.1) is 0 Å². The van der Waals surface area contributed by atoms with Crippen LogP contribution in [0.4, 0.5) is 0 Å². The smallest absolute Gasteiger partial charge is 0.237 e. The van der Waals surface area contributed by atoms with Crippen molar-refractivity contribution in [2.75, 3.05) is 6.54 Å². The van der Waals surface area contributed by atoms with Gasteiger partial charge >= 0.3 is 0 Å². The molecule has 3 heteroatoms. The number of hydrogen-bond acceptors (Lipinski definition) is 2. The van der Waals surface area contributed by atoms with Crippen LogP contribution in [0.3, 0.4) is 0 Å². The van der Waals surface area contributed by atoms with Crippen LogP contribution in [0.5, 0.6) is 0 Å². The molecule has 2 N–H and O–H groups in total. The van der Waals surface area contributed by atoms with E-state index in [-0.39, 0.29) is 18.0 Å². The van der Waals surface area contributed by atoms with Gasteiger partial charge in [-0.15, -0.1) is 0 Å². The van der Waals surface area contributed by atoms with Gasteiger partial charge in [0.2, 0.25) is 5.91 Å². The van der Waals surface area contributed by atoms with E-state index in [0.29, 0.717) is 0 Å². The van der Waals surface area contributed by atoms with E-state index in [9.17, 15) is 4.79 Å². The summed E-state index contributed by atoms with van der Waals surface area (Å²) in [5.74, 6) is 0.160. The van der Waals surface area contributed by atoms with E-state index in [4.69, 9.17) is 0 Å². The maximum absolute atomic E-state index is 11.9. The summed E-state index contributed by atoms with van der Waals surface area (Å²) in [5.41, 5.74) is 1.33. The van der Waals surface area contributed by atoms with Crippen LogP contribution in [0.2, 0.25) is 0 Å². The van der Waals surface area contributed by atoms with Gasteiger partial charge in [-0.05, 0) is 44.7 Å². The molecule has 0 aliphatic carbocycles. The van der Waals surface area contributed by atoms with Crippen LogP contribution in [-0.2, 0) is 11.2 Å². The molecule has 0 radical (unpaired) electrons. The highest BCUT2D eigenvalue weighted by Crippen LogP contribution is 2.07. The Labute approximate surface area is 109 Å². The molecule has 1 aliphatic heterocycles. The lowest BCUT2D eigenvalue weighted by atomic mass is 10.1. The first-order valence-corrected chi connectivity index (χ1v) is 6.83. The normalized spacial score (nSPS) is 20.6. The van der Waals surface area contributed by atoms with Crippen molar-refractivity contribution in [3.63, 3.8) is 0 Å². The fourth-order valence-corrected chi connectivity index (χ4v) is 2.35. The zero-order chi connectivity index (χ0) is 12.8. The van der Waals surface area contributed by atoms with E-state index in [1.54, 1.807) is 0 Å². The van der Waals surface area contributed by atoms with E-state index in [2.05, 4.69) is 41.8 Å². The zero-order valence-electron chi connectivity index (χ0n) is 11.0. The molecule has 0 spiro atoms. The lowest BCUT2D eigenvalue weighted by molar-refractivity contribution is -0.123. The Bertz CT molecular complexity index is 371. The standard InChI is InChI=1S/C15H22N2O/c1-12(9-10-13-6-3-2-4-7-13)17-15(18)14-8-5-11-16-14/h2-4,6-7,12,14,16H,5,8-11H2,1H3,(H,17,18). The molecule has 1 fully saturated rings. The molecule has 0 saturated carbocycles. The van der Waals surface area contributed by atoms with Crippen LogP contribution in [-0.4, -0.2) is 24.5 Å². The molecular formula is C15H22N2O. The Hall–Kier alpha value is -1.35. The molecule has 98 valence electrons. The average Bonchev–Trinajstić information content (AvgIpc) is 2.91. The molecule has 1 heterocycles. The summed E-state index contributed by atoms with van der Waals surface area (Å²) in [5, 5.41) is 6.31. The highest BCUT2D eigenvalue weighted by Gasteiger charge is 2.22. The number of benzene rings is 1. The van der Waals surface area contributed by atoms with E-state index >= 15 is 0 Å². The third kappa shape index (κ3) is 3.84. The van der Waals surface area contributed by atoms with Gasteiger partial charge in [-0.2, -0.15) is 0 Å². The second-order valence-corrected chi connectivity index (χ2v) is 5.08. The predicted octanol–water partition coefficient (Wildman–Crippen LogP) is 1.88. The minimum absolute atomic E-state index is 0.0316. The third-order valence-corrected chi connectivity index (χ3v) is 3.47. The molecular weight excluding hydrogens is 224 g/mol. The minimum atomic E-state index is 0.0316. The SMILES string of the molecule is CC(CCc1ccccc1)NC(=O)C1CCCN1. The van der Waals surface area contributed by atoms with Crippen molar-refractivity contribution < 1.29 is 4.79 Å². The largest absolute Gasteiger partial charge is 0.352 e. The van der Waals surface area contributed by atoms with Gasteiger partial charge in [0.1, 0.15) is 0 Å². The number of amides is 1. The Kier molecular flexibility index (Phi) is 4.76. The maximum atomic E-state index is 11.9. The highest BCUT2D eigenvalue weighted by molar-refractivity contribution is 5.82. The Morgan fingerprint density at radius 2 is 2.22 bits per heavy atom. The van der Waals surface area contributed by atoms with Crippen molar-refractivity contribution in [1.82, 2.24) is 10.6 Å². The fourth-order valence-electron chi connectivity index (χ4n) is 2.35. The molecule has 2 unspecified atom stereocenters. The van der Waals surface area contributed by atoms with Gasteiger partial charge in [-0.3, -0.25) is 4.79 Å². The first-order chi connectivity index (χ1) is 8.75. The summed E-state index contributed by atoms with van der Waals surface area (Å²) in [6.45, 7) is 3.05. The molecule has 18 heavy (non-hydrogen) atoms. The van der Waals surface area contributed by atoms with Crippen LogP contribution in [0.15, 0.2) is 30.3 Å². The Morgan fingerprint density at radius 3 is 2.89 bits per heavy atom. The van der Waals surface area contributed by atoms with Gasteiger partial charge in [0.15, 0.2) is 0 Å². The number of carbonyl (C=O) groups is 1. The van der Waals surface area contributed by atoms with Crippen molar-refractivity contribution >= 4 is 5.91 Å². The van der Waals surface area contributed by atoms with Gasteiger partial charge in [-0.25, -0.2) is 0 Å². The number of carbonyl (C=O) groups excluding carboxylic acids is 1. The monoisotopic (exact) mass is 246 g/mol. The van der Waals surface area contributed by atoms with Crippen molar-refractivity contribution in [3.05, 3.63) is 35.9 Å². The van der Waals surface area contributed by atoms with Gasteiger partial charge in [0.05, 0.1) is 6.04 Å². The molecule has 1 aromatic rings. The third-order valence-electron chi connectivity index (χ3n) is 3.47. The Morgan fingerprint density at radius 1 is 1.44 bits per heavy atom. The molecule has 1 amide bonds. The van der Waals surface area contributed by atoms with E-state index in [1.807, 2.05) is 6.07 Å². The van der Waals surface area contributed by atoms with Crippen molar-refractivity contribution in [2.45, 2.75) is 44.7 Å². The first kappa shape index (κ1) is 13.1.